The first-order chi connectivity index (χ1) is 7.00. The molecule has 1 fully saturated rings. The van der Waals surface area contributed by atoms with Crippen LogP contribution < -0.4 is 5.32 Å². The summed E-state index contributed by atoms with van der Waals surface area (Å²) in [4.78, 5) is 2.45. The van der Waals surface area contributed by atoms with Gasteiger partial charge < -0.3 is 5.32 Å². The van der Waals surface area contributed by atoms with Gasteiger partial charge in [-0.05, 0) is 19.8 Å². The highest BCUT2D eigenvalue weighted by Gasteiger charge is 2.33. The van der Waals surface area contributed by atoms with Gasteiger partial charge in [0.1, 0.15) is 0 Å². The molecule has 0 aliphatic carbocycles. The summed E-state index contributed by atoms with van der Waals surface area (Å²) in [6.45, 7) is 13.5. The average molecular weight is 231 g/mol. The van der Waals surface area contributed by atoms with Crippen LogP contribution in [0, 0.1) is 0 Å². The van der Waals surface area contributed by atoms with Crippen LogP contribution in [0.2, 0.25) is 0 Å². The number of rotatable bonds is 4. The molecule has 0 amide bonds. The lowest BCUT2D eigenvalue weighted by Gasteiger charge is -2.45. The van der Waals surface area contributed by atoms with Crippen molar-refractivity contribution in [1.82, 2.24) is 10.2 Å². The Bertz CT molecular complexity index is 230. The molecule has 2 atom stereocenters. The number of nitrogens with one attached hydrogen (secondary N) is 1. The Morgan fingerprint density at radius 1 is 1.60 bits per heavy atom. The summed E-state index contributed by atoms with van der Waals surface area (Å²) in [6.07, 6.45) is 2.31. The summed E-state index contributed by atoms with van der Waals surface area (Å²) < 4.78 is 0. The molecule has 0 aromatic carbocycles. The lowest BCUT2D eigenvalue weighted by atomic mass is 9.93. The van der Waals surface area contributed by atoms with Gasteiger partial charge in [-0.1, -0.05) is 32.0 Å². The van der Waals surface area contributed by atoms with Gasteiger partial charge in [-0.3, -0.25) is 4.90 Å². The lowest BCUT2D eigenvalue weighted by molar-refractivity contribution is 0.0925. The first-order valence-corrected chi connectivity index (χ1v) is 6.21. The van der Waals surface area contributed by atoms with E-state index in [-0.39, 0.29) is 5.54 Å². The van der Waals surface area contributed by atoms with Crippen molar-refractivity contribution in [3.63, 3.8) is 0 Å². The third-order valence-electron chi connectivity index (χ3n) is 3.46. The van der Waals surface area contributed by atoms with Crippen LogP contribution in [0.4, 0.5) is 0 Å². The third-order valence-corrected chi connectivity index (χ3v) is 3.58. The van der Waals surface area contributed by atoms with Gasteiger partial charge in [-0.15, -0.1) is 0 Å². The van der Waals surface area contributed by atoms with E-state index in [2.05, 4.69) is 37.6 Å². The Labute approximate surface area is 98.7 Å². The summed E-state index contributed by atoms with van der Waals surface area (Å²) in [7, 11) is 0. The molecule has 2 unspecified atom stereocenters. The fourth-order valence-electron chi connectivity index (χ4n) is 2.17. The largest absolute Gasteiger partial charge is 0.309 e. The molecule has 1 heterocycles. The second-order valence-corrected chi connectivity index (χ2v) is 5.31. The van der Waals surface area contributed by atoms with Crippen LogP contribution in [0.5, 0.6) is 0 Å². The van der Waals surface area contributed by atoms with Gasteiger partial charge in [-0.25, -0.2) is 0 Å². The predicted octanol–water partition coefficient (Wildman–Crippen LogP) is 2.59. The Kier molecular flexibility index (Phi) is 4.63. The molecule has 2 nitrogen and oxygen atoms in total. The minimum Gasteiger partial charge on any atom is -0.309 e. The van der Waals surface area contributed by atoms with Crippen LogP contribution in [0.25, 0.3) is 0 Å². The highest BCUT2D eigenvalue weighted by molar-refractivity contribution is 6.29. The first kappa shape index (κ1) is 13.0. The van der Waals surface area contributed by atoms with Gasteiger partial charge in [-0.2, -0.15) is 0 Å². The second-order valence-electron chi connectivity index (χ2n) is 4.78. The maximum absolute atomic E-state index is 5.91. The van der Waals surface area contributed by atoms with E-state index in [1.165, 1.54) is 0 Å². The molecule has 0 aromatic heterocycles. The molecule has 1 rings (SSSR count). The zero-order chi connectivity index (χ0) is 11.5. The van der Waals surface area contributed by atoms with Gasteiger partial charge in [0.05, 0.1) is 0 Å². The standard InChI is InChI=1S/C12H23ClN2/c1-5-11-7-14-12(4,6-2)9-15(11)8-10(3)13/h11,14H,3,5-9H2,1-2,4H3. The summed E-state index contributed by atoms with van der Waals surface area (Å²) in [5, 5.41) is 4.38. The number of halogens is 1. The number of piperazine rings is 1. The number of hydrogen-bond acceptors (Lipinski definition) is 2. The van der Waals surface area contributed by atoms with Crippen molar-refractivity contribution in [2.24, 2.45) is 0 Å². The molecule has 0 saturated carbocycles. The van der Waals surface area contributed by atoms with Crippen molar-refractivity contribution in [1.29, 1.82) is 0 Å². The molecule has 1 N–H and O–H groups in total. The SMILES string of the molecule is C=C(Cl)CN1CC(C)(CC)NCC1CC. The van der Waals surface area contributed by atoms with Crippen LogP contribution >= 0.6 is 11.6 Å². The van der Waals surface area contributed by atoms with Gasteiger partial charge in [0.15, 0.2) is 0 Å². The molecule has 0 spiro atoms. The molecular weight excluding hydrogens is 208 g/mol. The number of nitrogens with zero attached hydrogens (tertiary/aromatic N) is 1. The minimum atomic E-state index is 0.234. The molecule has 1 saturated heterocycles. The summed E-state index contributed by atoms with van der Waals surface area (Å²) in [6, 6.07) is 0.597. The van der Waals surface area contributed by atoms with E-state index in [0.29, 0.717) is 6.04 Å². The van der Waals surface area contributed by atoms with Crippen LogP contribution in [0.1, 0.15) is 33.6 Å². The normalized spacial score (nSPS) is 32.9. The van der Waals surface area contributed by atoms with E-state index in [1.54, 1.807) is 0 Å². The average Bonchev–Trinajstić information content (AvgIpc) is 2.17. The van der Waals surface area contributed by atoms with Crippen LogP contribution in [0.3, 0.4) is 0 Å². The molecule has 0 bridgehead atoms. The van der Waals surface area contributed by atoms with Gasteiger partial charge in [0.25, 0.3) is 0 Å². The van der Waals surface area contributed by atoms with Crippen LogP contribution in [0.15, 0.2) is 11.6 Å². The van der Waals surface area contributed by atoms with Crippen molar-refractivity contribution in [3.8, 4) is 0 Å². The minimum absolute atomic E-state index is 0.234. The molecule has 0 aromatic rings. The van der Waals surface area contributed by atoms with E-state index in [1.807, 2.05) is 0 Å². The smallest absolute Gasteiger partial charge is 0.0339 e. The Morgan fingerprint density at radius 2 is 2.27 bits per heavy atom. The zero-order valence-electron chi connectivity index (χ0n) is 10.1. The van der Waals surface area contributed by atoms with E-state index in [9.17, 15) is 0 Å². The van der Waals surface area contributed by atoms with E-state index in [0.717, 1.165) is 37.5 Å². The molecule has 1 aliphatic rings. The maximum Gasteiger partial charge on any atom is 0.0339 e. The van der Waals surface area contributed by atoms with Gasteiger partial charge >= 0.3 is 0 Å². The monoisotopic (exact) mass is 230 g/mol. The first-order valence-electron chi connectivity index (χ1n) is 5.83. The molecule has 1 aliphatic heterocycles. The van der Waals surface area contributed by atoms with Crippen LogP contribution in [-0.4, -0.2) is 36.1 Å². The highest BCUT2D eigenvalue weighted by Crippen LogP contribution is 2.21. The Hall–Kier alpha value is -0.0500. The van der Waals surface area contributed by atoms with Crippen molar-refractivity contribution in [2.45, 2.75) is 45.2 Å². The molecule has 88 valence electrons. The summed E-state index contributed by atoms with van der Waals surface area (Å²) in [5.41, 5.74) is 0.234. The highest BCUT2D eigenvalue weighted by atomic mass is 35.5. The van der Waals surface area contributed by atoms with E-state index >= 15 is 0 Å². The molecule has 15 heavy (non-hydrogen) atoms. The van der Waals surface area contributed by atoms with Crippen molar-refractivity contribution in [3.05, 3.63) is 11.6 Å². The van der Waals surface area contributed by atoms with Crippen molar-refractivity contribution < 1.29 is 0 Å². The topological polar surface area (TPSA) is 15.3 Å². The van der Waals surface area contributed by atoms with E-state index < -0.39 is 0 Å². The number of hydrogen-bond donors (Lipinski definition) is 1. The second kappa shape index (κ2) is 5.33. The third kappa shape index (κ3) is 3.47. The summed E-state index contributed by atoms with van der Waals surface area (Å²) >= 11 is 5.91. The Balaban J connectivity index is 2.64. The van der Waals surface area contributed by atoms with E-state index in [4.69, 9.17) is 11.6 Å². The molecule has 3 heteroatoms. The van der Waals surface area contributed by atoms with Gasteiger partial charge in [0.2, 0.25) is 0 Å². The fraction of sp³-hybridized carbons (Fsp3) is 0.833. The maximum atomic E-state index is 5.91. The van der Waals surface area contributed by atoms with Crippen molar-refractivity contribution >= 4 is 11.6 Å². The fourth-order valence-corrected chi connectivity index (χ4v) is 2.32. The van der Waals surface area contributed by atoms with Gasteiger partial charge in [0, 0.05) is 36.2 Å². The van der Waals surface area contributed by atoms with Crippen LogP contribution in [-0.2, 0) is 0 Å². The predicted molar refractivity (Wildman–Crippen MR) is 67.3 cm³/mol. The lowest BCUT2D eigenvalue weighted by Crippen LogP contribution is -2.62. The molecule has 0 radical (unpaired) electrons. The summed E-state index contributed by atoms with van der Waals surface area (Å²) in [5.74, 6) is 0. The molecular formula is C12H23ClN2. The zero-order valence-corrected chi connectivity index (χ0v) is 10.9. The Morgan fingerprint density at radius 3 is 2.73 bits per heavy atom. The van der Waals surface area contributed by atoms with Crippen molar-refractivity contribution in [2.75, 3.05) is 19.6 Å². The quantitative estimate of drug-likeness (QED) is 0.799.